The molecule has 0 radical (unpaired) electrons. The predicted octanol–water partition coefficient (Wildman–Crippen LogP) is 3.60. The molecule has 0 aromatic heterocycles. The average molecular weight is 185 g/mol. The number of nitrogens with zero attached hydrogens (tertiary/aromatic N) is 1. The van der Waals surface area contributed by atoms with E-state index < -0.39 is 0 Å². The van der Waals surface area contributed by atoms with Gasteiger partial charge in [-0.25, -0.2) is 0 Å². The van der Waals surface area contributed by atoms with Gasteiger partial charge in [-0.3, -0.25) is 4.99 Å². The van der Waals surface area contributed by atoms with E-state index in [2.05, 4.69) is 31.2 Å². The summed E-state index contributed by atoms with van der Waals surface area (Å²) >= 11 is 0. The van der Waals surface area contributed by atoms with Crippen molar-refractivity contribution in [2.75, 3.05) is 0 Å². The third-order valence-corrected chi connectivity index (χ3v) is 3.73. The highest BCUT2D eigenvalue weighted by Gasteiger charge is 2.39. The van der Waals surface area contributed by atoms with Gasteiger partial charge in [-0.1, -0.05) is 31.5 Å². The summed E-state index contributed by atoms with van der Waals surface area (Å²) in [5.74, 6) is 0. The van der Waals surface area contributed by atoms with Crippen LogP contribution in [-0.4, -0.2) is 5.71 Å². The third-order valence-electron chi connectivity index (χ3n) is 3.73. The molecule has 14 heavy (non-hydrogen) atoms. The Morgan fingerprint density at radius 2 is 2.07 bits per heavy atom. The zero-order valence-electron chi connectivity index (χ0n) is 8.59. The molecule has 1 saturated carbocycles. The molecule has 1 unspecified atom stereocenters. The summed E-state index contributed by atoms with van der Waals surface area (Å²) in [5.41, 5.74) is 4.36. The van der Waals surface area contributed by atoms with Gasteiger partial charge in [-0.05, 0) is 30.9 Å². The second kappa shape index (κ2) is 2.69. The van der Waals surface area contributed by atoms with Crippen molar-refractivity contribution in [2.24, 2.45) is 4.99 Å². The van der Waals surface area contributed by atoms with Crippen LogP contribution in [0, 0.1) is 0 Å². The minimum Gasteiger partial charge on any atom is -0.257 e. The van der Waals surface area contributed by atoms with Crippen LogP contribution in [0.4, 0.5) is 5.69 Å². The van der Waals surface area contributed by atoms with Crippen LogP contribution in [0.2, 0.25) is 0 Å². The fourth-order valence-corrected chi connectivity index (χ4v) is 2.84. The Morgan fingerprint density at radius 1 is 1.21 bits per heavy atom. The van der Waals surface area contributed by atoms with Gasteiger partial charge in [0.25, 0.3) is 0 Å². The topological polar surface area (TPSA) is 12.4 Å². The molecular formula is C13H15N. The normalized spacial score (nSPS) is 29.4. The first-order valence-corrected chi connectivity index (χ1v) is 5.48. The second-order valence-electron chi connectivity index (χ2n) is 4.61. The lowest BCUT2D eigenvalue weighted by Crippen LogP contribution is -2.32. The highest BCUT2D eigenvalue weighted by atomic mass is 14.8. The highest BCUT2D eigenvalue weighted by Crippen LogP contribution is 2.46. The molecule has 0 spiro atoms. The number of fused-ring (bicyclic) bond motifs is 3. The first kappa shape index (κ1) is 8.22. The second-order valence-corrected chi connectivity index (χ2v) is 4.61. The number of benzene rings is 1. The lowest BCUT2D eigenvalue weighted by Gasteiger charge is -2.31. The van der Waals surface area contributed by atoms with Gasteiger partial charge in [0.2, 0.25) is 0 Å². The van der Waals surface area contributed by atoms with Crippen LogP contribution in [0.3, 0.4) is 0 Å². The monoisotopic (exact) mass is 185 g/mol. The van der Waals surface area contributed by atoms with E-state index in [-0.39, 0.29) is 5.41 Å². The molecule has 1 aromatic carbocycles. The molecule has 0 saturated heterocycles. The maximum Gasteiger partial charge on any atom is 0.0670 e. The molecule has 0 N–H and O–H groups in total. The van der Waals surface area contributed by atoms with E-state index in [9.17, 15) is 0 Å². The molecule has 0 amide bonds. The lowest BCUT2D eigenvalue weighted by atomic mass is 9.71. The van der Waals surface area contributed by atoms with Crippen LogP contribution in [0.5, 0.6) is 0 Å². The van der Waals surface area contributed by atoms with E-state index >= 15 is 0 Å². The molecule has 1 aliphatic carbocycles. The first-order chi connectivity index (χ1) is 6.81. The van der Waals surface area contributed by atoms with Crippen LogP contribution in [0.25, 0.3) is 0 Å². The Labute approximate surface area is 84.9 Å². The Kier molecular flexibility index (Phi) is 1.58. The van der Waals surface area contributed by atoms with E-state index in [4.69, 9.17) is 4.99 Å². The van der Waals surface area contributed by atoms with Gasteiger partial charge in [0.1, 0.15) is 0 Å². The smallest absolute Gasteiger partial charge is 0.0670 e. The molecule has 72 valence electrons. The van der Waals surface area contributed by atoms with Crippen LogP contribution in [0.15, 0.2) is 29.3 Å². The molecule has 1 heteroatoms. The van der Waals surface area contributed by atoms with E-state index in [1.807, 2.05) is 0 Å². The van der Waals surface area contributed by atoms with E-state index in [0.29, 0.717) is 0 Å². The summed E-state index contributed by atoms with van der Waals surface area (Å²) in [5, 5.41) is 0. The Bertz CT molecular complexity index is 405. The van der Waals surface area contributed by atoms with Crippen LogP contribution >= 0.6 is 0 Å². The summed E-state index contributed by atoms with van der Waals surface area (Å²) in [4.78, 5) is 4.76. The number of aliphatic imine (C=N–C) groups is 1. The molecular weight excluding hydrogens is 170 g/mol. The molecule has 0 bridgehead atoms. The van der Waals surface area contributed by atoms with Crippen LogP contribution < -0.4 is 0 Å². The largest absolute Gasteiger partial charge is 0.257 e. The fraction of sp³-hybridized carbons (Fsp3) is 0.462. The maximum atomic E-state index is 4.76. The summed E-state index contributed by atoms with van der Waals surface area (Å²) in [6.45, 7) is 2.36. The van der Waals surface area contributed by atoms with Crippen molar-refractivity contribution in [1.82, 2.24) is 0 Å². The van der Waals surface area contributed by atoms with E-state index in [1.54, 1.807) is 0 Å². The van der Waals surface area contributed by atoms with Gasteiger partial charge < -0.3 is 0 Å². The van der Waals surface area contributed by atoms with Gasteiger partial charge in [0.05, 0.1) is 5.69 Å². The molecule has 3 rings (SSSR count). The minimum absolute atomic E-state index is 0.273. The Morgan fingerprint density at radius 3 is 3.00 bits per heavy atom. The summed E-state index contributed by atoms with van der Waals surface area (Å²) in [7, 11) is 0. The van der Waals surface area contributed by atoms with E-state index in [1.165, 1.54) is 42.6 Å². The molecule has 1 heterocycles. The summed E-state index contributed by atoms with van der Waals surface area (Å²) < 4.78 is 0. The maximum absolute atomic E-state index is 4.76. The molecule has 1 nitrogen and oxygen atoms in total. The predicted molar refractivity (Wildman–Crippen MR) is 59.4 cm³/mol. The van der Waals surface area contributed by atoms with Gasteiger partial charge in [-0.15, -0.1) is 0 Å². The van der Waals surface area contributed by atoms with Gasteiger partial charge in [-0.2, -0.15) is 0 Å². The van der Waals surface area contributed by atoms with E-state index in [0.717, 1.165) is 0 Å². The Balaban J connectivity index is 2.18. The highest BCUT2D eigenvalue weighted by molar-refractivity contribution is 6.01. The fourth-order valence-electron chi connectivity index (χ4n) is 2.84. The van der Waals surface area contributed by atoms with Crippen molar-refractivity contribution >= 4 is 11.4 Å². The SMILES string of the molecule is CC12CCCCC1=Nc1ccccc12. The number of hydrogen-bond acceptors (Lipinski definition) is 1. The van der Waals surface area contributed by atoms with Crippen molar-refractivity contribution in [3.8, 4) is 0 Å². The quantitative estimate of drug-likeness (QED) is 0.585. The van der Waals surface area contributed by atoms with Crippen LogP contribution in [0.1, 0.15) is 38.2 Å². The molecule has 2 aliphatic rings. The van der Waals surface area contributed by atoms with Crippen molar-refractivity contribution < 1.29 is 0 Å². The zero-order valence-corrected chi connectivity index (χ0v) is 8.59. The van der Waals surface area contributed by atoms with Gasteiger partial charge in [0, 0.05) is 11.1 Å². The molecule has 1 aromatic rings. The lowest BCUT2D eigenvalue weighted by molar-refractivity contribution is 0.498. The van der Waals surface area contributed by atoms with Crippen molar-refractivity contribution in [1.29, 1.82) is 0 Å². The number of para-hydroxylation sites is 1. The standard InChI is InChI=1S/C13H15N/c1-13-9-5-4-8-12(13)14-11-7-3-2-6-10(11)13/h2-3,6-7H,4-5,8-9H2,1H3. The molecule has 1 fully saturated rings. The number of hydrogen-bond donors (Lipinski definition) is 0. The zero-order chi connectivity index (χ0) is 9.60. The van der Waals surface area contributed by atoms with Gasteiger partial charge >= 0.3 is 0 Å². The van der Waals surface area contributed by atoms with Crippen molar-refractivity contribution in [2.45, 2.75) is 38.0 Å². The molecule has 1 atom stereocenters. The van der Waals surface area contributed by atoms with Gasteiger partial charge in [0.15, 0.2) is 0 Å². The van der Waals surface area contributed by atoms with Crippen molar-refractivity contribution in [3.63, 3.8) is 0 Å². The number of rotatable bonds is 0. The van der Waals surface area contributed by atoms with Crippen molar-refractivity contribution in [3.05, 3.63) is 29.8 Å². The minimum atomic E-state index is 0.273. The molecule has 1 aliphatic heterocycles. The average Bonchev–Trinajstić information content (AvgIpc) is 2.51. The Hall–Kier alpha value is -1.11. The third kappa shape index (κ3) is 0.927. The van der Waals surface area contributed by atoms with Crippen LogP contribution in [-0.2, 0) is 5.41 Å². The first-order valence-electron chi connectivity index (χ1n) is 5.48. The summed E-state index contributed by atoms with van der Waals surface area (Å²) in [6, 6.07) is 8.61. The summed E-state index contributed by atoms with van der Waals surface area (Å²) in [6.07, 6.45) is 5.15.